The second kappa shape index (κ2) is 6.05. The van der Waals surface area contributed by atoms with Gasteiger partial charge >= 0.3 is 11.9 Å². The van der Waals surface area contributed by atoms with Crippen LogP contribution in [0.1, 0.15) is 59.3 Å². The summed E-state index contributed by atoms with van der Waals surface area (Å²) < 4.78 is 5.02. The maximum atomic E-state index is 11.8. The molecule has 0 radical (unpaired) electrons. The van der Waals surface area contributed by atoms with E-state index >= 15 is 0 Å². The quantitative estimate of drug-likeness (QED) is 0.787. The summed E-state index contributed by atoms with van der Waals surface area (Å²) in [7, 11) is 0. The molecule has 4 atom stereocenters. The van der Waals surface area contributed by atoms with Gasteiger partial charge in [-0.15, -0.1) is 0 Å². The minimum absolute atomic E-state index is 0.0473. The first kappa shape index (κ1) is 17.2. The van der Waals surface area contributed by atoms with Crippen molar-refractivity contribution in [3.05, 3.63) is 23.3 Å². The number of carbonyl (C=O) groups is 2. The first-order valence-corrected chi connectivity index (χ1v) is 9.09. The molecule has 132 valence electrons. The lowest BCUT2D eigenvalue weighted by Gasteiger charge is -2.57. The number of cyclic esters (lactones) is 1. The molecule has 4 nitrogen and oxygen atoms in total. The van der Waals surface area contributed by atoms with Gasteiger partial charge in [0.05, 0.1) is 0 Å². The zero-order valence-electron chi connectivity index (χ0n) is 14.9. The lowest BCUT2D eigenvalue weighted by Crippen LogP contribution is -2.51. The molecule has 0 aromatic heterocycles. The van der Waals surface area contributed by atoms with Gasteiger partial charge in [-0.2, -0.15) is 0 Å². The van der Waals surface area contributed by atoms with Gasteiger partial charge in [0.25, 0.3) is 0 Å². The molecule has 0 saturated heterocycles. The Morgan fingerprint density at radius 3 is 2.71 bits per heavy atom. The zero-order chi connectivity index (χ0) is 17.5. The number of rotatable bonds is 4. The fourth-order valence-corrected chi connectivity index (χ4v) is 5.44. The second-order valence-corrected chi connectivity index (χ2v) is 8.24. The molecule has 24 heavy (non-hydrogen) atoms. The summed E-state index contributed by atoms with van der Waals surface area (Å²) in [4.78, 5) is 23.5. The SMILES string of the molecule is C[C@@H]1CC[C@@]2(C)C(C(=O)O)=CCC[C@H]2[C@@]1(C)CCC1=CCOC1=O. The van der Waals surface area contributed by atoms with E-state index in [9.17, 15) is 14.7 Å². The van der Waals surface area contributed by atoms with Crippen LogP contribution < -0.4 is 0 Å². The Kier molecular flexibility index (Phi) is 4.35. The predicted octanol–water partition coefficient (Wildman–Crippen LogP) is 4.11. The molecule has 1 fully saturated rings. The zero-order valence-corrected chi connectivity index (χ0v) is 14.9. The maximum Gasteiger partial charge on any atom is 0.334 e. The van der Waals surface area contributed by atoms with Crippen molar-refractivity contribution in [3.63, 3.8) is 0 Å². The first-order chi connectivity index (χ1) is 11.3. The van der Waals surface area contributed by atoms with E-state index in [4.69, 9.17) is 4.74 Å². The Morgan fingerprint density at radius 2 is 2.08 bits per heavy atom. The van der Waals surface area contributed by atoms with Crippen LogP contribution in [0.25, 0.3) is 0 Å². The number of carboxylic acids is 1. The molecule has 4 heteroatoms. The summed E-state index contributed by atoms with van der Waals surface area (Å²) in [6.07, 6.45) is 9.34. The van der Waals surface area contributed by atoms with E-state index < -0.39 is 5.97 Å². The van der Waals surface area contributed by atoms with Gasteiger partial charge in [0.15, 0.2) is 0 Å². The molecule has 2 aliphatic carbocycles. The molecular formula is C20H28O4. The molecule has 1 aliphatic heterocycles. The minimum Gasteiger partial charge on any atom is -0.478 e. The molecule has 0 aromatic rings. The van der Waals surface area contributed by atoms with Crippen LogP contribution in [0.2, 0.25) is 0 Å². The van der Waals surface area contributed by atoms with E-state index in [0.717, 1.165) is 44.1 Å². The monoisotopic (exact) mass is 332 g/mol. The van der Waals surface area contributed by atoms with Gasteiger partial charge < -0.3 is 9.84 Å². The Labute approximate surface area is 144 Å². The van der Waals surface area contributed by atoms with Crippen LogP contribution in [0.5, 0.6) is 0 Å². The number of aliphatic carboxylic acids is 1. The molecular weight excluding hydrogens is 304 g/mol. The molecule has 1 heterocycles. The number of ether oxygens (including phenoxy) is 1. The summed E-state index contributed by atoms with van der Waals surface area (Å²) in [5.41, 5.74) is 1.19. The third-order valence-corrected chi connectivity index (χ3v) is 7.18. The molecule has 3 aliphatic rings. The van der Waals surface area contributed by atoms with E-state index in [1.54, 1.807) is 0 Å². The highest BCUT2D eigenvalue weighted by Crippen LogP contribution is 2.62. The summed E-state index contributed by atoms with van der Waals surface area (Å²) in [6, 6.07) is 0. The van der Waals surface area contributed by atoms with Crippen molar-refractivity contribution < 1.29 is 19.4 Å². The average molecular weight is 332 g/mol. The molecule has 0 aromatic carbocycles. The normalized spacial score (nSPS) is 38.9. The lowest BCUT2D eigenvalue weighted by atomic mass is 9.46. The van der Waals surface area contributed by atoms with Crippen LogP contribution in [0, 0.1) is 22.7 Å². The Balaban J connectivity index is 1.87. The van der Waals surface area contributed by atoms with Crippen molar-refractivity contribution in [1.29, 1.82) is 0 Å². The topological polar surface area (TPSA) is 63.6 Å². The van der Waals surface area contributed by atoms with E-state index in [1.807, 2.05) is 12.2 Å². The van der Waals surface area contributed by atoms with Crippen molar-refractivity contribution in [2.45, 2.75) is 59.3 Å². The molecule has 0 bridgehead atoms. The van der Waals surface area contributed by atoms with Crippen molar-refractivity contribution in [2.75, 3.05) is 6.61 Å². The third kappa shape index (κ3) is 2.60. The van der Waals surface area contributed by atoms with Gasteiger partial charge in [0, 0.05) is 16.6 Å². The van der Waals surface area contributed by atoms with Crippen LogP contribution in [0.4, 0.5) is 0 Å². The van der Waals surface area contributed by atoms with Crippen molar-refractivity contribution >= 4 is 11.9 Å². The van der Waals surface area contributed by atoms with E-state index in [0.29, 0.717) is 24.0 Å². The highest BCUT2D eigenvalue weighted by molar-refractivity contribution is 5.90. The lowest BCUT2D eigenvalue weighted by molar-refractivity contribution is -0.137. The number of hydrogen-bond acceptors (Lipinski definition) is 3. The van der Waals surface area contributed by atoms with Crippen LogP contribution >= 0.6 is 0 Å². The number of carbonyl (C=O) groups excluding carboxylic acids is 1. The summed E-state index contributed by atoms with van der Waals surface area (Å²) in [5.74, 6) is -0.0645. The first-order valence-electron chi connectivity index (χ1n) is 9.09. The van der Waals surface area contributed by atoms with E-state index in [-0.39, 0.29) is 16.8 Å². The van der Waals surface area contributed by atoms with Crippen molar-refractivity contribution in [1.82, 2.24) is 0 Å². The fourth-order valence-electron chi connectivity index (χ4n) is 5.44. The molecule has 0 amide bonds. The third-order valence-electron chi connectivity index (χ3n) is 7.18. The summed E-state index contributed by atoms with van der Waals surface area (Å²) in [5, 5.41) is 9.68. The van der Waals surface area contributed by atoms with E-state index in [2.05, 4.69) is 20.8 Å². The molecule has 1 saturated carbocycles. The molecule has 3 rings (SSSR count). The van der Waals surface area contributed by atoms with Crippen LogP contribution in [-0.4, -0.2) is 23.7 Å². The summed E-state index contributed by atoms with van der Waals surface area (Å²) in [6.45, 7) is 7.14. The van der Waals surface area contributed by atoms with Crippen LogP contribution in [0.3, 0.4) is 0 Å². The minimum atomic E-state index is -0.763. The van der Waals surface area contributed by atoms with Crippen LogP contribution in [-0.2, 0) is 14.3 Å². The summed E-state index contributed by atoms with van der Waals surface area (Å²) >= 11 is 0. The Bertz CT molecular complexity index is 617. The van der Waals surface area contributed by atoms with Gasteiger partial charge in [0.2, 0.25) is 0 Å². The Hall–Kier alpha value is -1.58. The maximum absolute atomic E-state index is 11.8. The number of esters is 1. The van der Waals surface area contributed by atoms with E-state index in [1.165, 1.54) is 0 Å². The average Bonchev–Trinajstić information content (AvgIpc) is 2.94. The molecule has 1 N–H and O–H groups in total. The number of allylic oxidation sites excluding steroid dienone is 1. The molecule has 0 spiro atoms. The molecule has 0 unspecified atom stereocenters. The van der Waals surface area contributed by atoms with Crippen molar-refractivity contribution in [2.24, 2.45) is 22.7 Å². The van der Waals surface area contributed by atoms with Crippen molar-refractivity contribution in [3.8, 4) is 0 Å². The standard InChI is InChI=1S/C20H28O4/c1-13-7-10-20(3)15(17(21)22)5-4-6-16(20)19(13,2)11-8-14-9-12-24-18(14)23/h5,9,13,16H,4,6-8,10-12H2,1-3H3,(H,21,22)/t13-,16+,19+,20+/m1/s1. The second-order valence-electron chi connectivity index (χ2n) is 8.24. The number of carboxylic acid groups (broad SMARTS) is 1. The number of fused-ring (bicyclic) bond motifs is 1. The fraction of sp³-hybridized carbons (Fsp3) is 0.700. The highest BCUT2D eigenvalue weighted by atomic mass is 16.5. The highest BCUT2D eigenvalue weighted by Gasteiger charge is 2.55. The Morgan fingerprint density at radius 1 is 1.33 bits per heavy atom. The largest absolute Gasteiger partial charge is 0.478 e. The smallest absolute Gasteiger partial charge is 0.334 e. The van der Waals surface area contributed by atoms with Gasteiger partial charge in [0.1, 0.15) is 6.61 Å². The van der Waals surface area contributed by atoms with Gasteiger partial charge in [-0.1, -0.05) is 26.8 Å². The predicted molar refractivity (Wildman–Crippen MR) is 91.3 cm³/mol. The number of hydrogen-bond donors (Lipinski definition) is 1. The van der Waals surface area contributed by atoms with Gasteiger partial charge in [-0.05, 0) is 61.9 Å². The van der Waals surface area contributed by atoms with Crippen LogP contribution in [0.15, 0.2) is 23.3 Å². The van der Waals surface area contributed by atoms with Gasteiger partial charge in [-0.25, -0.2) is 9.59 Å². The van der Waals surface area contributed by atoms with Gasteiger partial charge in [-0.3, -0.25) is 0 Å².